The average Bonchev–Trinajstić information content (AvgIpc) is 2.95. The predicted molar refractivity (Wildman–Crippen MR) is 97.9 cm³/mol. The molecule has 0 spiro atoms. The zero-order chi connectivity index (χ0) is 17.8. The topological polar surface area (TPSA) is 79.7 Å². The van der Waals surface area contributed by atoms with E-state index in [-0.39, 0.29) is 5.69 Å². The molecule has 3 heterocycles. The lowest BCUT2D eigenvalue weighted by molar-refractivity contribution is 0.389. The molecule has 3 rings (SSSR count). The number of aromatic nitrogens is 5. The van der Waals surface area contributed by atoms with Crippen molar-refractivity contribution in [2.24, 2.45) is 5.92 Å². The van der Waals surface area contributed by atoms with Crippen molar-refractivity contribution in [3.63, 3.8) is 0 Å². The molecule has 2 aromatic heterocycles. The highest BCUT2D eigenvalue weighted by molar-refractivity contribution is 5.40. The van der Waals surface area contributed by atoms with Gasteiger partial charge in [0.1, 0.15) is 17.5 Å². The van der Waals surface area contributed by atoms with Gasteiger partial charge in [-0.25, -0.2) is 19.9 Å². The summed E-state index contributed by atoms with van der Waals surface area (Å²) in [6.07, 6.45) is 5.15. The maximum absolute atomic E-state index is 11.7. The van der Waals surface area contributed by atoms with Crippen LogP contribution in [0.4, 0.5) is 5.82 Å². The van der Waals surface area contributed by atoms with Crippen LogP contribution in [0.15, 0.2) is 10.9 Å². The fraction of sp³-hybridized carbons (Fsp3) is 0.667. The Morgan fingerprint density at radius 2 is 2.00 bits per heavy atom. The second kappa shape index (κ2) is 7.80. The van der Waals surface area contributed by atoms with E-state index in [1.165, 1.54) is 0 Å². The van der Waals surface area contributed by atoms with Crippen LogP contribution in [0.3, 0.4) is 0 Å². The van der Waals surface area contributed by atoms with Gasteiger partial charge in [0, 0.05) is 37.8 Å². The molecule has 1 N–H and O–H groups in total. The maximum atomic E-state index is 11.7. The van der Waals surface area contributed by atoms with Gasteiger partial charge in [0.2, 0.25) is 0 Å². The summed E-state index contributed by atoms with van der Waals surface area (Å²) in [5, 5.41) is 6.76. The first-order valence-corrected chi connectivity index (χ1v) is 9.34. The normalized spacial score (nSPS) is 15.7. The van der Waals surface area contributed by atoms with E-state index in [9.17, 15) is 4.79 Å². The van der Waals surface area contributed by atoms with Crippen LogP contribution in [0.25, 0.3) is 0 Å². The first-order valence-electron chi connectivity index (χ1n) is 9.34. The van der Waals surface area contributed by atoms with Crippen LogP contribution in [-0.4, -0.2) is 37.8 Å². The van der Waals surface area contributed by atoms with Gasteiger partial charge in [-0.2, -0.15) is 5.10 Å². The Balaban J connectivity index is 1.63. The van der Waals surface area contributed by atoms with Crippen molar-refractivity contribution in [2.45, 2.75) is 59.4 Å². The first-order chi connectivity index (χ1) is 12.1. The molecule has 7 nitrogen and oxygen atoms in total. The van der Waals surface area contributed by atoms with Gasteiger partial charge in [-0.3, -0.25) is 4.57 Å². The largest absolute Gasteiger partial charge is 0.356 e. The molecule has 0 amide bonds. The smallest absolute Gasteiger partial charge is 0.343 e. The number of aryl methyl sites for hydroxylation is 2. The lowest BCUT2D eigenvalue weighted by Crippen LogP contribution is -2.35. The Morgan fingerprint density at radius 1 is 1.24 bits per heavy atom. The molecule has 1 aliphatic heterocycles. The van der Waals surface area contributed by atoms with Crippen molar-refractivity contribution >= 4 is 5.82 Å². The van der Waals surface area contributed by atoms with Gasteiger partial charge in [0.25, 0.3) is 0 Å². The molecule has 0 radical (unpaired) electrons. The first kappa shape index (κ1) is 17.6. The molecule has 0 aliphatic carbocycles. The number of H-pyrrole nitrogens is 1. The standard InChI is InChI=1S/C18H28N6O/c1-4-6-15-12-16(20-13(3)19-15)23-9-7-14(8-10-23)11-17-21-22-18(25)24(17)5-2/h12,14H,4-11H2,1-3H3,(H,22,25). The molecule has 2 aromatic rings. The molecule has 7 heteroatoms. The molecule has 25 heavy (non-hydrogen) atoms. The number of hydrogen-bond acceptors (Lipinski definition) is 5. The molecule has 0 bridgehead atoms. The summed E-state index contributed by atoms with van der Waals surface area (Å²) in [5.74, 6) is 3.36. The van der Waals surface area contributed by atoms with E-state index in [0.29, 0.717) is 12.5 Å². The van der Waals surface area contributed by atoms with Crippen molar-refractivity contribution < 1.29 is 0 Å². The van der Waals surface area contributed by atoms with Gasteiger partial charge >= 0.3 is 5.69 Å². The summed E-state index contributed by atoms with van der Waals surface area (Å²) in [6.45, 7) is 8.78. The van der Waals surface area contributed by atoms with E-state index in [1.807, 2.05) is 13.8 Å². The third kappa shape index (κ3) is 4.08. The third-order valence-corrected chi connectivity index (χ3v) is 4.95. The molecule has 1 aliphatic rings. The molecule has 136 valence electrons. The molecular formula is C18H28N6O. The third-order valence-electron chi connectivity index (χ3n) is 4.95. The molecule has 1 saturated heterocycles. The molecule has 1 fully saturated rings. The van der Waals surface area contributed by atoms with E-state index in [4.69, 9.17) is 0 Å². The van der Waals surface area contributed by atoms with Crippen LogP contribution in [0.1, 0.15) is 50.5 Å². The number of nitrogens with zero attached hydrogens (tertiary/aromatic N) is 5. The minimum atomic E-state index is -0.102. The van der Waals surface area contributed by atoms with E-state index < -0.39 is 0 Å². The number of aromatic amines is 1. The molecule has 0 aromatic carbocycles. The van der Waals surface area contributed by atoms with E-state index in [1.54, 1.807) is 4.57 Å². The number of rotatable bonds is 6. The Bertz CT molecular complexity index is 757. The highest BCUT2D eigenvalue weighted by Gasteiger charge is 2.23. The quantitative estimate of drug-likeness (QED) is 0.868. The average molecular weight is 344 g/mol. The van der Waals surface area contributed by atoms with Crippen molar-refractivity contribution in [1.82, 2.24) is 24.7 Å². The van der Waals surface area contributed by atoms with E-state index in [0.717, 1.165) is 68.4 Å². The SMILES string of the molecule is CCCc1cc(N2CCC(Cc3n[nH]c(=O)n3CC)CC2)nc(C)n1. The molecular weight excluding hydrogens is 316 g/mol. The van der Waals surface area contributed by atoms with Crippen molar-refractivity contribution in [2.75, 3.05) is 18.0 Å². The zero-order valence-corrected chi connectivity index (χ0v) is 15.5. The minimum Gasteiger partial charge on any atom is -0.356 e. The van der Waals surface area contributed by atoms with Gasteiger partial charge in [-0.1, -0.05) is 13.3 Å². The predicted octanol–water partition coefficient (Wildman–Crippen LogP) is 2.10. The highest BCUT2D eigenvalue weighted by atomic mass is 16.1. The van der Waals surface area contributed by atoms with E-state index in [2.05, 4.69) is 38.1 Å². The molecule has 0 saturated carbocycles. The Labute approximate surface area is 148 Å². The lowest BCUT2D eigenvalue weighted by atomic mass is 9.93. The highest BCUT2D eigenvalue weighted by Crippen LogP contribution is 2.24. The Hall–Kier alpha value is -2.18. The molecule has 0 unspecified atom stereocenters. The van der Waals surface area contributed by atoms with Gasteiger partial charge < -0.3 is 4.90 Å². The number of anilines is 1. The summed E-state index contributed by atoms with van der Waals surface area (Å²) in [5.41, 5.74) is 1.03. The van der Waals surface area contributed by atoms with E-state index >= 15 is 0 Å². The van der Waals surface area contributed by atoms with Crippen LogP contribution in [0, 0.1) is 12.8 Å². The Kier molecular flexibility index (Phi) is 5.50. The fourth-order valence-corrected chi connectivity index (χ4v) is 3.62. The molecule has 0 atom stereocenters. The van der Waals surface area contributed by atoms with Crippen LogP contribution in [-0.2, 0) is 19.4 Å². The number of hydrogen-bond donors (Lipinski definition) is 1. The fourth-order valence-electron chi connectivity index (χ4n) is 3.62. The summed E-state index contributed by atoms with van der Waals surface area (Å²) in [6, 6.07) is 2.14. The van der Waals surface area contributed by atoms with Crippen LogP contribution in [0.2, 0.25) is 0 Å². The minimum absolute atomic E-state index is 0.102. The van der Waals surface area contributed by atoms with Gasteiger partial charge in [-0.15, -0.1) is 0 Å². The zero-order valence-electron chi connectivity index (χ0n) is 15.5. The maximum Gasteiger partial charge on any atom is 0.343 e. The number of piperidine rings is 1. The van der Waals surface area contributed by atoms with Crippen molar-refractivity contribution in [3.8, 4) is 0 Å². The summed E-state index contributed by atoms with van der Waals surface area (Å²) >= 11 is 0. The summed E-state index contributed by atoms with van der Waals surface area (Å²) < 4.78 is 1.73. The van der Waals surface area contributed by atoms with Gasteiger partial charge in [-0.05, 0) is 39.0 Å². The van der Waals surface area contributed by atoms with Gasteiger partial charge in [0.05, 0.1) is 0 Å². The second-order valence-corrected chi connectivity index (χ2v) is 6.84. The second-order valence-electron chi connectivity index (χ2n) is 6.84. The van der Waals surface area contributed by atoms with Crippen LogP contribution < -0.4 is 10.6 Å². The number of nitrogens with one attached hydrogen (secondary N) is 1. The summed E-state index contributed by atoms with van der Waals surface area (Å²) in [4.78, 5) is 23.2. The Morgan fingerprint density at radius 3 is 2.68 bits per heavy atom. The van der Waals surface area contributed by atoms with Gasteiger partial charge in [0.15, 0.2) is 0 Å². The lowest BCUT2D eigenvalue weighted by Gasteiger charge is -2.33. The van der Waals surface area contributed by atoms with Crippen molar-refractivity contribution in [3.05, 3.63) is 33.9 Å². The summed E-state index contributed by atoms with van der Waals surface area (Å²) in [7, 11) is 0. The van der Waals surface area contributed by atoms with Crippen LogP contribution >= 0.6 is 0 Å². The monoisotopic (exact) mass is 344 g/mol. The van der Waals surface area contributed by atoms with Crippen LogP contribution in [0.5, 0.6) is 0 Å². The van der Waals surface area contributed by atoms with Crippen molar-refractivity contribution in [1.29, 1.82) is 0 Å².